The molecule has 30 heavy (non-hydrogen) atoms. The largest absolute Gasteiger partial charge is 0.495 e. The number of hydrogen-bond donors (Lipinski definition) is 2. The molecule has 11 heteroatoms. The number of imidazole rings is 1. The lowest BCUT2D eigenvalue weighted by Crippen LogP contribution is -2.54. The maximum Gasteiger partial charge on any atom is 0.213 e. The minimum Gasteiger partial charge on any atom is -0.495 e. The van der Waals surface area contributed by atoms with E-state index in [4.69, 9.17) is 9.47 Å². The van der Waals surface area contributed by atoms with Crippen LogP contribution < -0.4 is 4.74 Å². The van der Waals surface area contributed by atoms with E-state index in [1.807, 2.05) is 6.92 Å². The number of aromatic nitrogens is 3. The highest BCUT2D eigenvalue weighted by Gasteiger charge is 2.42. The Morgan fingerprint density at radius 1 is 1.37 bits per heavy atom. The highest BCUT2D eigenvalue weighted by Crippen LogP contribution is 2.36. The van der Waals surface area contributed by atoms with Crippen molar-refractivity contribution < 1.29 is 28.1 Å². The molecule has 4 rings (SSSR count). The molecule has 1 aliphatic rings. The lowest BCUT2D eigenvalue weighted by atomic mass is 10.1. The van der Waals surface area contributed by atoms with E-state index in [2.05, 4.69) is 10.1 Å². The van der Waals surface area contributed by atoms with E-state index in [9.17, 15) is 18.6 Å². The number of aliphatic hydroxyl groups is 2. The number of fused-ring (bicyclic) bond motifs is 1. The molecule has 1 aromatic carbocycles. The maximum atomic E-state index is 13.1. The Bertz CT molecular complexity index is 1220. The van der Waals surface area contributed by atoms with Crippen LogP contribution >= 0.6 is 11.3 Å². The third kappa shape index (κ3) is 3.60. The Morgan fingerprint density at radius 2 is 2.07 bits per heavy atom. The molecule has 162 valence electrons. The van der Waals surface area contributed by atoms with Gasteiger partial charge in [0.15, 0.2) is 9.84 Å². The van der Waals surface area contributed by atoms with Crippen molar-refractivity contribution in [3.05, 3.63) is 28.9 Å². The van der Waals surface area contributed by atoms with E-state index in [1.165, 1.54) is 24.5 Å². The summed E-state index contributed by atoms with van der Waals surface area (Å²) < 4.78 is 38.0. The Morgan fingerprint density at radius 3 is 2.63 bits per heavy atom. The Labute approximate surface area is 177 Å². The van der Waals surface area contributed by atoms with Crippen molar-refractivity contribution in [1.29, 1.82) is 0 Å². The van der Waals surface area contributed by atoms with Crippen LogP contribution in [0.15, 0.2) is 23.1 Å². The van der Waals surface area contributed by atoms with Crippen molar-refractivity contribution >= 4 is 26.1 Å². The van der Waals surface area contributed by atoms with Gasteiger partial charge in [0.2, 0.25) is 4.96 Å². The zero-order valence-electron chi connectivity index (χ0n) is 17.0. The Hall–Kier alpha value is -2.05. The average Bonchev–Trinajstić information content (AvgIpc) is 3.16. The molecule has 1 aliphatic heterocycles. The summed E-state index contributed by atoms with van der Waals surface area (Å²) in [5.41, 5.74) is -0.623. The number of methoxy groups -OCH3 is 1. The fourth-order valence-electron chi connectivity index (χ4n) is 3.35. The first kappa shape index (κ1) is 21.2. The van der Waals surface area contributed by atoms with Gasteiger partial charge < -0.3 is 19.7 Å². The average molecular weight is 454 g/mol. The zero-order chi connectivity index (χ0) is 21.9. The van der Waals surface area contributed by atoms with Crippen LogP contribution in [0.1, 0.15) is 24.5 Å². The van der Waals surface area contributed by atoms with E-state index >= 15 is 0 Å². The van der Waals surface area contributed by atoms with Crippen LogP contribution in [-0.4, -0.2) is 64.9 Å². The van der Waals surface area contributed by atoms with Gasteiger partial charge in [-0.05, 0) is 39.0 Å². The number of aryl methyl sites for hydroxylation is 1. The SMILES string of the molecule is COc1ccc(-c2c(C)nc3sc(C(C)(C)O)nn23)cc1S(=O)(=O)CC1(O)COC1. The molecule has 1 saturated heterocycles. The second-order valence-electron chi connectivity index (χ2n) is 8.05. The van der Waals surface area contributed by atoms with Crippen LogP contribution in [0.3, 0.4) is 0 Å². The highest BCUT2D eigenvalue weighted by molar-refractivity contribution is 7.91. The number of ether oxygens (including phenoxy) is 2. The summed E-state index contributed by atoms with van der Waals surface area (Å²) in [4.78, 5) is 5.09. The minimum absolute atomic E-state index is 0.0184. The van der Waals surface area contributed by atoms with E-state index in [0.717, 1.165) is 0 Å². The maximum absolute atomic E-state index is 13.1. The van der Waals surface area contributed by atoms with Gasteiger partial charge in [0.25, 0.3) is 0 Å². The topological polar surface area (TPSA) is 123 Å². The molecule has 0 unspecified atom stereocenters. The summed E-state index contributed by atoms with van der Waals surface area (Å²) >= 11 is 1.27. The molecule has 0 aliphatic carbocycles. The smallest absolute Gasteiger partial charge is 0.213 e. The summed E-state index contributed by atoms with van der Waals surface area (Å²) in [5.74, 6) is -0.267. The van der Waals surface area contributed by atoms with E-state index < -0.39 is 26.8 Å². The van der Waals surface area contributed by atoms with Gasteiger partial charge in [-0.25, -0.2) is 17.9 Å². The Kier molecular flexibility index (Phi) is 4.94. The second kappa shape index (κ2) is 6.99. The van der Waals surface area contributed by atoms with Gasteiger partial charge in [-0.3, -0.25) is 0 Å². The van der Waals surface area contributed by atoms with Crippen LogP contribution in [0.25, 0.3) is 16.2 Å². The van der Waals surface area contributed by atoms with Crippen molar-refractivity contribution in [3.63, 3.8) is 0 Å². The number of nitrogens with zero attached hydrogens (tertiary/aromatic N) is 3. The van der Waals surface area contributed by atoms with Crippen LogP contribution in [-0.2, 0) is 20.2 Å². The van der Waals surface area contributed by atoms with Crippen molar-refractivity contribution in [3.8, 4) is 17.0 Å². The molecule has 1 fully saturated rings. The molecule has 9 nitrogen and oxygen atoms in total. The first-order chi connectivity index (χ1) is 13.9. The van der Waals surface area contributed by atoms with E-state index in [0.29, 0.717) is 26.9 Å². The molecule has 2 N–H and O–H groups in total. The van der Waals surface area contributed by atoms with Gasteiger partial charge in [-0.1, -0.05) is 11.3 Å². The van der Waals surface area contributed by atoms with E-state index in [1.54, 1.807) is 30.5 Å². The summed E-state index contributed by atoms with van der Waals surface area (Å²) in [5, 5.41) is 25.6. The number of hydrogen-bond acceptors (Lipinski definition) is 9. The van der Waals surface area contributed by atoms with Crippen molar-refractivity contribution in [2.45, 2.75) is 36.9 Å². The highest BCUT2D eigenvalue weighted by atomic mass is 32.2. The number of benzene rings is 1. The van der Waals surface area contributed by atoms with Crippen LogP contribution in [0.4, 0.5) is 0 Å². The lowest BCUT2D eigenvalue weighted by molar-refractivity contribution is -0.163. The summed E-state index contributed by atoms with van der Waals surface area (Å²) in [6.45, 7) is 5.06. The van der Waals surface area contributed by atoms with Gasteiger partial charge in [0.1, 0.15) is 26.9 Å². The van der Waals surface area contributed by atoms with Crippen molar-refractivity contribution in [1.82, 2.24) is 14.6 Å². The van der Waals surface area contributed by atoms with Crippen LogP contribution in [0.2, 0.25) is 0 Å². The quantitative estimate of drug-likeness (QED) is 0.576. The molecular weight excluding hydrogens is 430 g/mol. The Balaban J connectivity index is 1.84. The molecule has 0 spiro atoms. The van der Waals surface area contributed by atoms with Gasteiger partial charge in [-0.2, -0.15) is 5.10 Å². The van der Waals surface area contributed by atoms with Crippen molar-refractivity contribution in [2.75, 3.05) is 26.1 Å². The van der Waals surface area contributed by atoms with Gasteiger partial charge in [-0.15, -0.1) is 0 Å². The number of sulfone groups is 1. The molecule has 0 bridgehead atoms. The van der Waals surface area contributed by atoms with Crippen LogP contribution in [0.5, 0.6) is 5.75 Å². The number of rotatable bonds is 6. The zero-order valence-corrected chi connectivity index (χ0v) is 18.7. The molecule has 3 heterocycles. The summed E-state index contributed by atoms with van der Waals surface area (Å²) in [6, 6.07) is 4.82. The summed E-state index contributed by atoms with van der Waals surface area (Å²) in [7, 11) is -2.47. The molecule has 0 amide bonds. The molecule has 2 aromatic heterocycles. The first-order valence-corrected chi connectivity index (χ1v) is 11.7. The van der Waals surface area contributed by atoms with Crippen LogP contribution in [0, 0.1) is 6.92 Å². The molecule has 0 saturated carbocycles. The lowest BCUT2D eigenvalue weighted by Gasteiger charge is -2.35. The predicted molar refractivity (Wildman–Crippen MR) is 111 cm³/mol. The molecule has 3 aromatic rings. The fraction of sp³-hybridized carbons (Fsp3) is 0.474. The third-order valence-corrected chi connectivity index (χ3v) is 8.00. The van der Waals surface area contributed by atoms with Gasteiger partial charge in [0.05, 0.1) is 37.5 Å². The predicted octanol–water partition coefficient (Wildman–Crippen LogP) is 1.54. The minimum atomic E-state index is -3.86. The monoisotopic (exact) mass is 453 g/mol. The third-order valence-electron chi connectivity index (χ3n) is 4.87. The second-order valence-corrected chi connectivity index (χ2v) is 11.0. The molecule has 0 radical (unpaired) electrons. The fourth-order valence-corrected chi connectivity index (χ4v) is 6.09. The molecular formula is C19H23N3O6S2. The summed E-state index contributed by atoms with van der Waals surface area (Å²) in [6.07, 6.45) is 0. The van der Waals surface area contributed by atoms with Crippen molar-refractivity contribution in [2.24, 2.45) is 0 Å². The standard InChI is InChI=1S/C19H23N3O6S2/c1-11-15(22-17(20-11)29-16(21-22)18(2,3)23)12-5-6-13(27-4)14(7-12)30(25,26)10-19(24)8-28-9-19/h5-7,23-24H,8-10H2,1-4H3. The van der Waals surface area contributed by atoms with Gasteiger partial charge in [0, 0.05) is 5.56 Å². The van der Waals surface area contributed by atoms with Gasteiger partial charge >= 0.3 is 0 Å². The normalized spacial score (nSPS) is 16.6. The van der Waals surface area contributed by atoms with E-state index in [-0.39, 0.29) is 23.9 Å². The first-order valence-electron chi connectivity index (χ1n) is 9.24. The molecule has 0 atom stereocenters.